The first-order valence-electron chi connectivity index (χ1n) is 20.2. The summed E-state index contributed by atoms with van der Waals surface area (Å²) in [6.07, 6.45) is 4.32. The van der Waals surface area contributed by atoms with E-state index in [1.54, 1.807) is 0 Å². The number of allylic oxidation sites excluding steroid dienone is 2. The highest BCUT2D eigenvalue weighted by molar-refractivity contribution is 6.19. The van der Waals surface area contributed by atoms with Gasteiger partial charge in [0.25, 0.3) is 0 Å². The van der Waals surface area contributed by atoms with Crippen molar-refractivity contribution in [2.45, 2.75) is 18.5 Å². The van der Waals surface area contributed by atoms with Crippen molar-refractivity contribution in [3.63, 3.8) is 0 Å². The van der Waals surface area contributed by atoms with Crippen LogP contribution in [-0.4, -0.2) is 21.8 Å². The Kier molecular flexibility index (Phi) is 7.63. The third-order valence-electron chi connectivity index (χ3n) is 12.2. The lowest BCUT2D eigenvalue weighted by molar-refractivity contribution is 0.220. The van der Waals surface area contributed by atoms with Crippen LogP contribution in [0.4, 0.5) is 0 Å². The van der Waals surface area contributed by atoms with Crippen LogP contribution in [-0.2, 0) is 0 Å². The van der Waals surface area contributed by atoms with E-state index in [1.807, 2.05) is 0 Å². The second-order valence-corrected chi connectivity index (χ2v) is 15.6. The van der Waals surface area contributed by atoms with Crippen molar-refractivity contribution in [3.05, 3.63) is 205 Å². The van der Waals surface area contributed by atoms with Crippen molar-refractivity contribution in [3.8, 4) is 5.69 Å². The van der Waals surface area contributed by atoms with Crippen molar-refractivity contribution in [1.29, 1.82) is 0 Å². The number of hydrogen-bond donors (Lipinski definition) is 4. The molecule has 4 N–H and O–H groups in total. The van der Waals surface area contributed by atoms with Crippen LogP contribution in [0.25, 0.3) is 76.7 Å². The van der Waals surface area contributed by atoms with E-state index in [0.29, 0.717) is 6.54 Å². The van der Waals surface area contributed by atoms with Crippen molar-refractivity contribution >= 4 is 71.0 Å². The zero-order chi connectivity index (χ0) is 38.2. The lowest BCUT2D eigenvalue weighted by Crippen LogP contribution is -2.60. The van der Waals surface area contributed by atoms with E-state index < -0.39 is 0 Å². The predicted octanol–water partition coefficient (Wildman–Crippen LogP) is 11.0. The average molecular weight is 749 g/mol. The molecule has 58 heavy (non-hydrogen) atoms. The second-order valence-electron chi connectivity index (χ2n) is 15.6. The van der Waals surface area contributed by atoms with E-state index in [-0.39, 0.29) is 18.5 Å². The Bertz CT molecular complexity index is 3210. The van der Waals surface area contributed by atoms with Gasteiger partial charge >= 0.3 is 0 Å². The number of fused-ring (bicyclic) bond motifs is 8. The molecule has 278 valence electrons. The summed E-state index contributed by atoms with van der Waals surface area (Å²) >= 11 is 0. The lowest BCUT2D eigenvalue weighted by Gasteiger charge is -2.41. The normalized spacial score (nSPS) is 18.6. The number of hydrogen-bond acceptors (Lipinski definition) is 4. The third kappa shape index (κ3) is 5.38. The molecule has 2 aliphatic heterocycles. The predicted molar refractivity (Wildman–Crippen MR) is 241 cm³/mol. The Morgan fingerprint density at radius 3 is 1.50 bits per heavy atom. The molecule has 1 saturated heterocycles. The van der Waals surface area contributed by atoms with Gasteiger partial charge in [-0.05, 0) is 92.9 Å². The fourth-order valence-corrected chi connectivity index (χ4v) is 9.41. The molecule has 10 aromatic rings. The van der Waals surface area contributed by atoms with Crippen LogP contribution >= 0.6 is 0 Å². The maximum Gasteiger partial charge on any atom is 0.111 e. The molecule has 6 nitrogen and oxygen atoms in total. The number of benzene rings is 8. The molecule has 0 aliphatic carbocycles. The summed E-state index contributed by atoms with van der Waals surface area (Å²) in [5, 5.41) is 25.6. The molecular formula is C52H40N6. The van der Waals surface area contributed by atoms with E-state index in [4.69, 9.17) is 0 Å². The van der Waals surface area contributed by atoms with Gasteiger partial charge in [0.2, 0.25) is 0 Å². The van der Waals surface area contributed by atoms with Crippen LogP contribution in [0.15, 0.2) is 194 Å². The van der Waals surface area contributed by atoms with Gasteiger partial charge in [-0.1, -0.05) is 133 Å². The quantitative estimate of drug-likeness (QED) is 0.142. The van der Waals surface area contributed by atoms with Gasteiger partial charge in [0.05, 0.1) is 40.6 Å². The standard InChI is InChI=1S/C52H40N6/c1-2-16-40(17-3-1)57-45-20-10-8-18-41(45)43-30-44-42-19-9-11-21-46(42)58(48(44)31-47(43)57)49-27-26-39(32-53-49)52-55-50(37-24-22-33-12-4-6-14-35(33)28-37)54-51(56-52)38-25-23-34-13-5-7-15-36(34)29-38/h1-31,50-56H,32H2. The van der Waals surface area contributed by atoms with Crippen molar-refractivity contribution < 1.29 is 0 Å². The highest BCUT2D eigenvalue weighted by atomic mass is 15.4. The van der Waals surface area contributed by atoms with Gasteiger partial charge in [-0.2, -0.15) is 0 Å². The Morgan fingerprint density at radius 2 is 0.897 bits per heavy atom. The summed E-state index contributed by atoms with van der Waals surface area (Å²) in [7, 11) is 0. The molecule has 0 radical (unpaired) electrons. The smallest absolute Gasteiger partial charge is 0.111 e. The summed E-state index contributed by atoms with van der Waals surface area (Å²) < 4.78 is 4.81. The highest BCUT2D eigenvalue weighted by Crippen LogP contribution is 2.39. The summed E-state index contributed by atoms with van der Waals surface area (Å²) in [6.45, 7) is 0.686. The number of para-hydroxylation sites is 3. The lowest BCUT2D eigenvalue weighted by atomic mass is 10.00. The third-order valence-corrected chi connectivity index (χ3v) is 12.2. The average Bonchev–Trinajstić information content (AvgIpc) is 3.80. The molecule has 0 spiro atoms. The molecule has 2 aliphatic rings. The first-order chi connectivity index (χ1) is 28.7. The fourth-order valence-electron chi connectivity index (χ4n) is 9.41. The van der Waals surface area contributed by atoms with Crippen LogP contribution < -0.4 is 21.3 Å². The SMILES string of the molecule is C1=C(C2NC(c3ccc4ccccc4c3)NC(c3ccc4ccccc4c3)N2)CNC(n2c3ccccc3c3cc4c5ccccc5n(-c5ccccc5)c4cc32)=C1. The Balaban J connectivity index is 0.966. The topological polar surface area (TPSA) is 58.0 Å². The van der Waals surface area contributed by atoms with Gasteiger partial charge in [-0.3, -0.25) is 20.5 Å². The summed E-state index contributed by atoms with van der Waals surface area (Å²) in [4.78, 5) is 0. The molecular weight excluding hydrogens is 709 g/mol. The number of nitrogens with zero attached hydrogens (tertiary/aromatic N) is 2. The number of nitrogens with one attached hydrogen (secondary N) is 4. The maximum atomic E-state index is 3.94. The molecule has 2 aromatic heterocycles. The largest absolute Gasteiger partial charge is 0.367 e. The number of rotatable bonds is 5. The Morgan fingerprint density at radius 1 is 0.379 bits per heavy atom. The van der Waals surface area contributed by atoms with Crippen LogP contribution in [0.2, 0.25) is 0 Å². The number of aromatic nitrogens is 2. The maximum absolute atomic E-state index is 3.94. The Hall–Kier alpha value is -6.96. The van der Waals surface area contributed by atoms with Crippen LogP contribution in [0.1, 0.15) is 23.5 Å². The van der Waals surface area contributed by atoms with Gasteiger partial charge in [0.15, 0.2) is 0 Å². The van der Waals surface area contributed by atoms with Gasteiger partial charge in [-0.15, -0.1) is 0 Å². The summed E-state index contributed by atoms with van der Waals surface area (Å²) in [6, 6.07) is 63.8. The minimum Gasteiger partial charge on any atom is -0.367 e. The van der Waals surface area contributed by atoms with Gasteiger partial charge in [-0.25, -0.2) is 0 Å². The first-order valence-corrected chi connectivity index (χ1v) is 20.2. The molecule has 2 atom stereocenters. The van der Waals surface area contributed by atoms with Gasteiger partial charge < -0.3 is 9.88 Å². The molecule has 6 heteroatoms. The van der Waals surface area contributed by atoms with E-state index in [0.717, 1.165) is 11.5 Å². The van der Waals surface area contributed by atoms with E-state index in [1.165, 1.54) is 81.9 Å². The molecule has 0 bridgehead atoms. The van der Waals surface area contributed by atoms with Crippen molar-refractivity contribution in [2.75, 3.05) is 6.54 Å². The number of dihydropyridines is 1. The second kappa shape index (κ2) is 13.3. The molecule has 4 heterocycles. The molecule has 0 saturated carbocycles. The van der Waals surface area contributed by atoms with Crippen molar-refractivity contribution in [1.82, 2.24) is 30.4 Å². The highest BCUT2D eigenvalue weighted by Gasteiger charge is 2.32. The monoisotopic (exact) mass is 748 g/mol. The zero-order valence-electron chi connectivity index (χ0n) is 31.7. The molecule has 8 aromatic carbocycles. The van der Waals surface area contributed by atoms with E-state index in [2.05, 4.69) is 218 Å². The van der Waals surface area contributed by atoms with E-state index in [9.17, 15) is 0 Å². The molecule has 12 rings (SSSR count). The molecule has 2 unspecified atom stereocenters. The first kappa shape index (κ1) is 33.2. The van der Waals surface area contributed by atoms with Crippen molar-refractivity contribution in [2.24, 2.45) is 0 Å². The van der Waals surface area contributed by atoms with Gasteiger partial charge in [0.1, 0.15) is 5.82 Å². The summed E-state index contributed by atoms with van der Waals surface area (Å²) in [5.74, 6) is 1.06. The molecule has 0 amide bonds. The van der Waals surface area contributed by atoms with Crippen LogP contribution in [0.3, 0.4) is 0 Å². The minimum atomic E-state index is -0.0844. The molecule has 1 fully saturated rings. The fraction of sp³-hybridized carbons (Fsp3) is 0.0769. The zero-order valence-corrected chi connectivity index (χ0v) is 31.7. The minimum absolute atomic E-state index is 0.0743. The van der Waals surface area contributed by atoms with E-state index >= 15 is 0 Å². The van der Waals surface area contributed by atoms with Crippen LogP contribution in [0.5, 0.6) is 0 Å². The summed E-state index contributed by atoms with van der Waals surface area (Å²) in [5.41, 5.74) is 9.58. The van der Waals surface area contributed by atoms with Gasteiger partial charge in [0, 0.05) is 33.8 Å². The Labute approximate surface area is 335 Å². The van der Waals surface area contributed by atoms with Crippen LogP contribution in [0, 0.1) is 0 Å².